The molecule has 102 valence electrons. The Labute approximate surface area is 112 Å². The number of hydrogen-bond donors (Lipinski definition) is 2. The molecule has 0 spiro atoms. The molecule has 19 heavy (non-hydrogen) atoms. The zero-order valence-electron chi connectivity index (χ0n) is 10.9. The number of amides is 1. The van der Waals surface area contributed by atoms with E-state index in [1.165, 1.54) is 0 Å². The molecule has 1 atom stereocenters. The first kappa shape index (κ1) is 13.5. The Hall–Kier alpha value is -1.91. The largest absolute Gasteiger partial charge is 0.480 e. The van der Waals surface area contributed by atoms with Crippen LogP contribution in [0.4, 0.5) is 0 Å². The van der Waals surface area contributed by atoms with Gasteiger partial charge in [0.1, 0.15) is 6.04 Å². The van der Waals surface area contributed by atoms with Crippen LogP contribution in [0.5, 0.6) is 0 Å². The Morgan fingerprint density at radius 2 is 2.26 bits per heavy atom. The van der Waals surface area contributed by atoms with Crippen molar-refractivity contribution in [1.29, 1.82) is 0 Å². The second-order valence-corrected chi connectivity index (χ2v) is 4.90. The molecular weight excluding hydrogens is 244 g/mol. The van der Waals surface area contributed by atoms with E-state index in [0.717, 1.165) is 18.5 Å². The van der Waals surface area contributed by atoms with Crippen LogP contribution in [-0.2, 0) is 4.79 Å². The van der Waals surface area contributed by atoms with Crippen molar-refractivity contribution in [3.05, 3.63) is 29.6 Å². The smallest absolute Gasteiger partial charge is 0.326 e. The van der Waals surface area contributed by atoms with Gasteiger partial charge in [0.2, 0.25) is 0 Å². The number of rotatable bonds is 6. The molecule has 1 heterocycles. The van der Waals surface area contributed by atoms with Crippen molar-refractivity contribution in [3.8, 4) is 0 Å². The Bertz CT molecular complexity index is 483. The maximum atomic E-state index is 12.0. The molecule has 0 radical (unpaired) electrons. The van der Waals surface area contributed by atoms with E-state index in [-0.39, 0.29) is 5.91 Å². The van der Waals surface area contributed by atoms with Gasteiger partial charge >= 0.3 is 5.97 Å². The lowest BCUT2D eigenvalue weighted by atomic mass is 10.1. The molecule has 0 saturated heterocycles. The zero-order chi connectivity index (χ0) is 13.8. The van der Waals surface area contributed by atoms with Crippen LogP contribution in [0.1, 0.15) is 54.6 Å². The van der Waals surface area contributed by atoms with Crippen LogP contribution < -0.4 is 5.32 Å². The lowest BCUT2D eigenvalue weighted by Crippen LogP contribution is -2.40. The molecule has 5 heteroatoms. The summed E-state index contributed by atoms with van der Waals surface area (Å²) in [6, 6.07) is 2.55. The van der Waals surface area contributed by atoms with E-state index in [9.17, 15) is 9.59 Å². The van der Waals surface area contributed by atoms with Crippen LogP contribution in [-0.4, -0.2) is 28.0 Å². The molecule has 1 aromatic rings. The number of aromatic nitrogens is 1. The molecule has 0 bridgehead atoms. The molecule has 1 aromatic heterocycles. The number of pyridine rings is 1. The first-order chi connectivity index (χ1) is 9.11. The highest BCUT2D eigenvalue weighted by Crippen LogP contribution is 2.38. The van der Waals surface area contributed by atoms with Crippen molar-refractivity contribution in [2.24, 2.45) is 0 Å². The Morgan fingerprint density at radius 1 is 1.53 bits per heavy atom. The summed E-state index contributed by atoms with van der Waals surface area (Å²) in [5.74, 6) is -0.865. The molecule has 1 saturated carbocycles. The van der Waals surface area contributed by atoms with Gasteiger partial charge in [-0.3, -0.25) is 9.78 Å². The third-order valence-electron chi connectivity index (χ3n) is 3.22. The molecule has 5 nitrogen and oxygen atoms in total. The van der Waals surface area contributed by atoms with Crippen LogP contribution >= 0.6 is 0 Å². The Morgan fingerprint density at radius 3 is 2.84 bits per heavy atom. The predicted octanol–water partition coefficient (Wildman–Crippen LogP) is 1.94. The van der Waals surface area contributed by atoms with E-state index in [4.69, 9.17) is 5.11 Å². The zero-order valence-corrected chi connectivity index (χ0v) is 10.9. The fourth-order valence-electron chi connectivity index (χ4n) is 1.98. The summed E-state index contributed by atoms with van der Waals surface area (Å²) >= 11 is 0. The second-order valence-electron chi connectivity index (χ2n) is 4.90. The van der Waals surface area contributed by atoms with Gasteiger partial charge in [-0.15, -0.1) is 0 Å². The molecule has 0 aromatic carbocycles. The van der Waals surface area contributed by atoms with Crippen molar-refractivity contribution in [3.63, 3.8) is 0 Å². The second kappa shape index (κ2) is 5.82. The van der Waals surface area contributed by atoms with Crippen LogP contribution in [0.2, 0.25) is 0 Å². The third kappa shape index (κ3) is 3.53. The number of carboxylic acid groups (broad SMARTS) is 1. The van der Waals surface area contributed by atoms with Gasteiger partial charge in [0.05, 0.1) is 0 Å². The van der Waals surface area contributed by atoms with Crippen LogP contribution in [0.25, 0.3) is 0 Å². The van der Waals surface area contributed by atoms with E-state index < -0.39 is 12.0 Å². The number of aliphatic carboxylic acids is 1. The number of nitrogens with one attached hydrogen (secondary N) is 1. The molecule has 1 aliphatic rings. The van der Waals surface area contributed by atoms with Crippen molar-refractivity contribution in [2.45, 2.75) is 44.6 Å². The first-order valence-electron chi connectivity index (χ1n) is 6.61. The Balaban J connectivity index is 2.05. The summed E-state index contributed by atoms with van der Waals surface area (Å²) in [7, 11) is 0. The normalized spacial score (nSPS) is 15.8. The number of carboxylic acids is 1. The summed E-state index contributed by atoms with van der Waals surface area (Å²) in [5.41, 5.74) is 1.41. The highest BCUT2D eigenvalue weighted by molar-refractivity contribution is 5.96. The molecule has 1 unspecified atom stereocenters. The minimum absolute atomic E-state index is 0.342. The summed E-state index contributed by atoms with van der Waals surface area (Å²) in [6.07, 6.45) is 4.98. The van der Waals surface area contributed by atoms with Crippen molar-refractivity contribution in [2.75, 3.05) is 0 Å². The van der Waals surface area contributed by atoms with E-state index in [1.54, 1.807) is 18.3 Å². The minimum Gasteiger partial charge on any atom is -0.480 e. The average Bonchev–Trinajstić information content (AvgIpc) is 3.22. The number of nitrogens with zero attached hydrogens (tertiary/aromatic N) is 1. The summed E-state index contributed by atoms with van der Waals surface area (Å²) in [6.45, 7) is 1.89. The van der Waals surface area contributed by atoms with Gasteiger partial charge in [-0.25, -0.2) is 4.79 Å². The van der Waals surface area contributed by atoms with Gasteiger partial charge < -0.3 is 10.4 Å². The molecule has 1 aliphatic carbocycles. The lowest BCUT2D eigenvalue weighted by molar-refractivity contribution is -0.139. The maximum absolute atomic E-state index is 12.0. The molecule has 1 amide bonds. The van der Waals surface area contributed by atoms with Gasteiger partial charge in [0.15, 0.2) is 0 Å². The van der Waals surface area contributed by atoms with Gasteiger partial charge in [0, 0.05) is 23.4 Å². The molecule has 0 aliphatic heterocycles. The van der Waals surface area contributed by atoms with Gasteiger partial charge in [-0.2, -0.15) is 0 Å². The van der Waals surface area contributed by atoms with Gasteiger partial charge in [-0.1, -0.05) is 13.3 Å². The summed E-state index contributed by atoms with van der Waals surface area (Å²) in [5, 5.41) is 11.6. The van der Waals surface area contributed by atoms with Crippen molar-refractivity contribution in [1.82, 2.24) is 10.3 Å². The van der Waals surface area contributed by atoms with E-state index in [2.05, 4.69) is 10.3 Å². The summed E-state index contributed by atoms with van der Waals surface area (Å²) < 4.78 is 0. The molecule has 1 fully saturated rings. The topological polar surface area (TPSA) is 79.3 Å². The van der Waals surface area contributed by atoms with E-state index in [1.807, 2.05) is 6.92 Å². The minimum atomic E-state index is -0.994. The van der Waals surface area contributed by atoms with E-state index in [0.29, 0.717) is 24.3 Å². The van der Waals surface area contributed by atoms with E-state index >= 15 is 0 Å². The van der Waals surface area contributed by atoms with Crippen molar-refractivity contribution < 1.29 is 14.7 Å². The fourth-order valence-corrected chi connectivity index (χ4v) is 1.98. The van der Waals surface area contributed by atoms with Crippen LogP contribution in [0.3, 0.4) is 0 Å². The highest BCUT2D eigenvalue weighted by Gasteiger charge is 2.26. The van der Waals surface area contributed by atoms with Crippen LogP contribution in [0, 0.1) is 0 Å². The summed E-state index contributed by atoms with van der Waals surface area (Å²) in [4.78, 5) is 27.3. The van der Waals surface area contributed by atoms with Gasteiger partial charge in [0.25, 0.3) is 5.91 Å². The SMILES string of the molecule is CCCC(NC(=O)c1ccnc(C2CC2)c1)C(=O)O. The van der Waals surface area contributed by atoms with Crippen LogP contribution in [0.15, 0.2) is 18.3 Å². The fraction of sp³-hybridized carbons (Fsp3) is 0.500. The number of hydrogen-bond acceptors (Lipinski definition) is 3. The van der Waals surface area contributed by atoms with Crippen molar-refractivity contribution >= 4 is 11.9 Å². The third-order valence-corrected chi connectivity index (χ3v) is 3.22. The average molecular weight is 262 g/mol. The molecule has 2 rings (SSSR count). The standard InChI is InChI=1S/C14H18N2O3/c1-2-3-11(14(18)19)16-13(17)10-6-7-15-12(8-10)9-4-5-9/h6-9,11H,2-5H2,1H3,(H,16,17)(H,18,19). The quantitative estimate of drug-likeness (QED) is 0.821. The predicted molar refractivity (Wildman–Crippen MR) is 70.0 cm³/mol. The maximum Gasteiger partial charge on any atom is 0.326 e. The number of carbonyl (C=O) groups is 2. The van der Waals surface area contributed by atoms with Gasteiger partial charge in [-0.05, 0) is 31.4 Å². The lowest BCUT2D eigenvalue weighted by Gasteiger charge is -2.13. The highest BCUT2D eigenvalue weighted by atomic mass is 16.4. The number of carbonyl (C=O) groups excluding carboxylic acids is 1. The first-order valence-corrected chi connectivity index (χ1v) is 6.61. The monoisotopic (exact) mass is 262 g/mol. The molecular formula is C14H18N2O3. The molecule has 2 N–H and O–H groups in total. The Kier molecular flexibility index (Phi) is 4.14.